The van der Waals surface area contributed by atoms with Gasteiger partial charge in [-0.25, -0.2) is 0 Å². The SMILES string of the molecule is Cn1cc([C@@H](O)CNC(=O)c2cccc(Cl)c2)c2ccccc21. The van der Waals surface area contributed by atoms with Gasteiger partial charge in [-0.3, -0.25) is 4.79 Å². The average Bonchev–Trinajstić information content (AvgIpc) is 2.90. The molecule has 1 amide bonds. The van der Waals surface area contributed by atoms with Crippen LogP contribution in [-0.2, 0) is 7.05 Å². The fourth-order valence-electron chi connectivity index (χ4n) is 2.67. The van der Waals surface area contributed by atoms with Crippen LogP contribution in [0.3, 0.4) is 0 Å². The van der Waals surface area contributed by atoms with E-state index in [1.165, 1.54) is 0 Å². The summed E-state index contributed by atoms with van der Waals surface area (Å²) in [4.78, 5) is 12.1. The van der Waals surface area contributed by atoms with Crippen LogP contribution < -0.4 is 5.32 Å². The van der Waals surface area contributed by atoms with Crippen molar-refractivity contribution in [1.82, 2.24) is 9.88 Å². The lowest BCUT2D eigenvalue weighted by atomic mass is 10.1. The zero-order chi connectivity index (χ0) is 16.4. The third-order valence-electron chi connectivity index (χ3n) is 3.83. The van der Waals surface area contributed by atoms with Gasteiger partial charge in [0.25, 0.3) is 5.91 Å². The van der Waals surface area contributed by atoms with Gasteiger partial charge in [0.2, 0.25) is 0 Å². The highest BCUT2D eigenvalue weighted by atomic mass is 35.5. The molecule has 3 aromatic rings. The first-order chi connectivity index (χ1) is 11.1. The first kappa shape index (κ1) is 15.6. The molecule has 0 saturated heterocycles. The van der Waals surface area contributed by atoms with E-state index in [2.05, 4.69) is 5.32 Å². The number of nitrogens with one attached hydrogen (secondary N) is 1. The van der Waals surface area contributed by atoms with Crippen molar-refractivity contribution in [3.05, 3.63) is 70.9 Å². The molecular formula is C18H17ClN2O2. The summed E-state index contributed by atoms with van der Waals surface area (Å²) < 4.78 is 1.96. The molecule has 0 bridgehead atoms. The van der Waals surface area contributed by atoms with E-state index < -0.39 is 6.10 Å². The lowest BCUT2D eigenvalue weighted by Gasteiger charge is -2.11. The van der Waals surface area contributed by atoms with Gasteiger partial charge in [-0.15, -0.1) is 0 Å². The number of aryl methyl sites for hydroxylation is 1. The fourth-order valence-corrected chi connectivity index (χ4v) is 2.86. The number of hydrogen-bond acceptors (Lipinski definition) is 2. The Kier molecular flexibility index (Phi) is 4.37. The van der Waals surface area contributed by atoms with E-state index >= 15 is 0 Å². The van der Waals surface area contributed by atoms with Crippen LogP contribution in [-0.4, -0.2) is 22.1 Å². The van der Waals surface area contributed by atoms with Crippen molar-refractivity contribution in [2.45, 2.75) is 6.10 Å². The Labute approximate surface area is 139 Å². The number of fused-ring (bicyclic) bond motifs is 1. The molecule has 2 aromatic carbocycles. The summed E-state index contributed by atoms with van der Waals surface area (Å²) in [6, 6.07) is 14.6. The predicted octanol–water partition coefficient (Wildman–Crippen LogP) is 3.30. The van der Waals surface area contributed by atoms with Gasteiger partial charge in [-0.1, -0.05) is 35.9 Å². The van der Waals surface area contributed by atoms with E-state index in [1.54, 1.807) is 24.3 Å². The zero-order valence-electron chi connectivity index (χ0n) is 12.7. The fraction of sp³-hybridized carbons (Fsp3) is 0.167. The molecule has 5 heteroatoms. The molecule has 0 radical (unpaired) electrons. The summed E-state index contributed by atoms with van der Waals surface area (Å²) in [5.41, 5.74) is 2.32. The molecule has 2 N–H and O–H groups in total. The number of carbonyl (C=O) groups is 1. The number of benzene rings is 2. The molecule has 0 spiro atoms. The number of aliphatic hydroxyl groups is 1. The third-order valence-corrected chi connectivity index (χ3v) is 4.06. The van der Waals surface area contributed by atoms with Crippen molar-refractivity contribution in [3.63, 3.8) is 0 Å². The second-order valence-electron chi connectivity index (χ2n) is 5.45. The second kappa shape index (κ2) is 6.44. The smallest absolute Gasteiger partial charge is 0.251 e. The van der Waals surface area contributed by atoms with Crippen molar-refractivity contribution in [2.75, 3.05) is 6.54 Å². The van der Waals surface area contributed by atoms with Crippen LogP contribution in [0.2, 0.25) is 5.02 Å². The Morgan fingerprint density at radius 3 is 2.83 bits per heavy atom. The summed E-state index contributed by atoms with van der Waals surface area (Å²) in [5.74, 6) is -0.258. The first-order valence-electron chi connectivity index (χ1n) is 7.32. The lowest BCUT2D eigenvalue weighted by Crippen LogP contribution is -2.28. The highest BCUT2D eigenvalue weighted by Crippen LogP contribution is 2.25. The van der Waals surface area contributed by atoms with Gasteiger partial charge >= 0.3 is 0 Å². The van der Waals surface area contributed by atoms with Gasteiger partial charge in [-0.2, -0.15) is 0 Å². The number of aliphatic hydroxyl groups excluding tert-OH is 1. The number of nitrogens with zero attached hydrogens (tertiary/aromatic N) is 1. The Bertz CT molecular complexity index is 857. The zero-order valence-corrected chi connectivity index (χ0v) is 13.4. The van der Waals surface area contributed by atoms with E-state index in [-0.39, 0.29) is 12.5 Å². The lowest BCUT2D eigenvalue weighted by molar-refractivity contribution is 0.0917. The third kappa shape index (κ3) is 3.23. The molecule has 1 heterocycles. The maximum absolute atomic E-state index is 12.1. The Hall–Kier alpha value is -2.30. The molecule has 1 aromatic heterocycles. The summed E-state index contributed by atoms with van der Waals surface area (Å²) in [6.45, 7) is 0.138. The van der Waals surface area contributed by atoms with Crippen molar-refractivity contribution < 1.29 is 9.90 Å². The van der Waals surface area contributed by atoms with Gasteiger partial charge in [0.1, 0.15) is 0 Å². The number of carbonyl (C=O) groups excluding carboxylic acids is 1. The molecule has 0 aliphatic heterocycles. The van der Waals surface area contributed by atoms with E-state index in [0.717, 1.165) is 16.5 Å². The number of hydrogen-bond donors (Lipinski definition) is 2. The van der Waals surface area contributed by atoms with Crippen LogP contribution in [0.5, 0.6) is 0 Å². The quantitative estimate of drug-likeness (QED) is 0.772. The number of halogens is 1. The van der Waals surface area contributed by atoms with Gasteiger partial charge in [0.05, 0.1) is 6.10 Å². The van der Waals surface area contributed by atoms with E-state index in [9.17, 15) is 9.90 Å². The standard InChI is InChI=1S/C18H17ClN2O2/c1-21-11-15(14-7-2-3-8-16(14)21)17(22)10-20-18(23)12-5-4-6-13(19)9-12/h2-9,11,17,22H,10H2,1H3,(H,20,23)/t17-/m0/s1. The molecular weight excluding hydrogens is 312 g/mol. The van der Waals surface area contributed by atoms with Crippen molar-refractivity contribution in [1.29, 1.82) is 0 Å². The molecule has 0 aliphatic rings. The van der Waals surface area contributed by atoms with Gasteiger partial charge < -0.3 is 15.0 Å². The Morgan fingerprint density at radius 2 is 2.04 bits per heavy atom. The second-order valence-corrected chi connectivity index (χ2v) is 5.89. The molecule has 0 fully saturated rings. The van der Waals surface area contributed by atoms with Gasteiger partial charge in [-0.05, 0) is 24.3 Å². The van der Waals surface area contributed by atoms with Crippen LogP contribution in [0, 0.1) is 0 Å². The normalized spacial score (nSPS) is 12.3. The van der Waals surface area contributed by atoms with Gasteiger partial charge in [0, 0.05) is 46.8 Å². The molecule has 0 aliphatic carbocycles. The maximum Gasteiger partial charge on any atom is 0.251 e. The van der Waals surface area contributed by atoms with Crippen LogP contribution in [0.1, 0.15) is 22.0 Å². The summed E-state index contributed by atoms with van der Waals surface area (Å²) in [7, 11) is 1.93. The van der Waals surface area contributed by atoms with Crippen LogP contribution in [0.15, 0.2) is 54.7 Å². The molecule has 4 nitrogen and oxygen atoms in total. The minimum Gasteiger partial charge on any atom is -0.386 e. The Balaban J connectivity index is 1.74. The van der Waals surface area contributed by atoms with E-state index in [0.29, 0.717) is 10.6 Å². The molecule has 23 heavy (non-hydrogen) atoms. The van der Waals surface area contributed by atoms with E-state index in [4.69, 9.17) is 11.6 Å². The minimum atomic E-state index is -0.774. The van der Waals surface area contributed by atoms with Crippen molar-refractivity contribution in [2.24, 2.45) is 7.05 Å². The summed E-state index contributed by atoms with van der Waals surface area (Å²) in [5, 5.41) is 14.7. The van der Waals surface area contributed by atoms with Crippen LogP contribution >= 0.6 is 11.6 Å². The maximum atomic E-state index is 12.1. The molecule has 118 valence electrons. The summed E-state index contributed by atoms with van der Waals surface area (Å²) >= 11 is 5.88. The topological polar surface area (TPSA) is 54.3 Å². The van der Waals surface area contributed by atoms with Gasteiger partial charge in [0.15, 0.2) is 0 Å². The monoisotopic (exact) mass is 328 g/mol. The van der Waals surface area contributed by atoms with E-state index in [1.807, 2.05) is 42.1 Å². The highest BCUT2D eigenvalue weighted by molar-refractivity contribution is 6.30. The number of aromatic nitrogens is 1. The molecule has 3 rings (SSSR count). The average molecular weight is 329 g/mol. The molecule has 0 saturated carbocycles. The molecule has 1 atom stereocenters. The van der Waals surface area contributed by atoms with Crippen molar-refractivity contribution in [3.8, 4) is 0 Å². The van der Waals surface area contributed by atoms with Crippen molar-refractivity contribution >= 4 is 28.4 Å². The van der Waals surface area contributed by atoms with Crippen LogP contribution in [0.4, 0.5) is 0 Å². The molecule has 0 unspecified atom stereocenters. The highest BCUT2D eigenvalue weighted by Gasteiger charge is 2.16. The number of para-hydroxylation sites is 1. The largest absolute Gasteiger partial charge is 0.386 e. The Morgan fingerprint density at radius 1 is 1.26 bits per heavy atom. The number of rotatable bonds is 4. The summed E-state index contributed by atoms with van der Waals surface area (Å²) in [6.07, 6.45) is 1.12. The number of amides is 1. The first-order valence-corrected chi connectivity index (χ1v) is 7.70. The predicted molar refractivity (Wildman–Crippen MR) is 91.7 cm³/mol. The van der Waals surface area contributed by atoms with Crippen LogP contribution in [0.25, 0.3) is 10.9 Å². The minimum absolute atomic E-state index is 0.138.